The lowest BCUT2D eigenvalue weighted by Crippen LogP contribution is -1.99. The lowest BCUT2D eigenvalue weighted by atomic mass is 10.1. The molecule has 0 bridgehead atoms. The molecule has 0 fully saturated rings. The van der Waals surface area contributed by atoms with Gasteiger partial charge in [0, 0.05) is 16.1 Å². The van der Waals surface area contributed by atoms with Crippen molar-refractivity contribution in [1.82, 2.24) is 9.97 Å². The zero-order chi connectivity index (χ0) is 14.8. The first-order valence-electron chi connectivity index (χ1n) is 6.29. The summed E-state index contributed by atoms with van der Waals surface area (Å²) >= 11 is 6.17. The minimum absolute atomic E-state index is 0.117. The number of benzene rings is 2. The Labute approximate surface area is 126 Å². The summed E-state index contributed by atoms with van der Waals surface area (Å²) in [4.78, 5) is 8.36. The van der Waals surface area contributed by atoms with Crippen LogP contribution in [-0.2, 0) is 0 Å². The SMILES string of the molecule is Nc1nc(-c2cccc(F)c2)cc(-c2ccccc2Cl)n1. The van der Waals surface area contributed by atoms with Crippen LogP contribution in [0.3, 0.4) is 0 Å². The Balaban J connectivity index is 2.15. The molecule has 0 atom stereocenters. The summed E-state index contributed by atoms with van der Waals surface area (Å²) in [5, 5.41) is 0.570. The van der Waals surface area contributed by atoms with Gasteiger partial charge in [0.2, 0.25) is 5.95 Å². The van der Waals surface area contributed by atoms with E-state index in [0.29, 0.717) is 22.0 Å². The second-order valence-corrected chi connectivity index (χ2v) is 4.89. The normalized spacial score (nSPS) is 10.6. The molecule has 0 spiro atoms. The summed E-state index contributed by atoms with van der Waals surface area (Å²) in [6, 6.07) is 15.2. The molecule has 21 heavy (non-hydrogen) atoms. The maximum Gasteiger partial charge on any atom is 0.221 e. The van der Waals surface area contributed by atoms with Crippen LogP contribution in [0.15, 0.2) is 54.6 Å². The predicted molar refractivity (Wildman–Crippen MR) is 82.3 cm³/mol. The molecule has 3 rings (SSSR count). The van der Waals surface area contributed by atoms with Crippen molar-refractivity contribution in [2.24, 2.45) is 0 Å². The van der Waals surface area contributed by atoms with Crippen molar-refractivity contribution >= 4 is 17.5 Å². The van der Waals surface area contributed by atoms with Crippen molar-refractivity contribution in [1.29, 1.82) is 0 Å². The number of nitrogens with two attached hydrogens (primary N) is 1. The van der Waals surface area contributed by atoms with E-state index in [1.54, 1.807) is 24.3 Å². The molecular weight excluding hydrogens is 289 g/mol. The molecule has 1 heterocycles. The van der Waals surface area contributed by atoms with Crippen LogP contribution in [0.2, 0.25) is 5.02 Å². The van der Waals surface area contributed by atoms with E-state index in [1.165, 1.54) is 12.1 Å². The molecular formula is C16H11ClFN3. The van der Waals surface area contributed by atoms with Gasteiger partial charge in [-0.2, -0.15) is 0 Å². The zero-order valence-electron chi connectivity index (χ0n) is 10.9. The summed E-state index contributed by atoms with van der Waals surface area (Å²) in [5.41, 5.74) is 8.31. The summed E-state index contributed by atoms with van der Waals surface area (Å²) < 4.78 is 13.3. The largest absolute Gasteiger partial charge is 0.368 e. The fraction of sp³-hybridized carbons (Fsp3) is 0. The third kappa shape index (κ3) is 2.85. The first kappa shape index (κ1) is 13.5. The molecule has 2 aromatic carbocycles. The molecule has 3 aromatic rings. The highest BCUT2D eigenvalue weighted by Gasteiger charge is 2.09. The van der Waals surface area contributed by atoms with Gasteiger partial charge in [0.15, 0.2) is 0 Å². The molecule has 0 aliphatic heterocycles. The molecule has 1 aromatic heterocycles. The Morgan fingerprint density at radius 2 is 1.67 bits per heavy atom. The van der Waals surface area contributed by atoms with Gasteiger partial charge < -0.3 is 5.73 Å². The van der Waals surface area contributed by atoms with Crippen LogP contribution in [-0.4, -0.2) is 9.97 Å². The molecule has 2 N–H and O–H groups in total. The first-order valence-corrected chi connectivity index (χ1v) is 6.67. The van der Waals surface area contributed by atoms with Gasteiger partial charge >= 0.3 is 0 Å². The highest BCUT2D eigenvalue weighted by molar-refractivity contribution is 6.33. The Hall–Kier alpha value is -2.46. The molecule has 0 unspecified atom stereocenters. The fourth-order valence-corrected chi connectivity index (χ4v) is 2.30. The van der Waals surface area contributed by atoms with Crippen LogP contribution in [0.5, 0.6) is 0 Å². The topological polar surface area (TPSA) is 51.8 Å². The maximum atomic E-state index is 13.3. The van der Waals surface area contributed by atoms with Crippen molar-refractivity contribution < 1.29 is 4.39 Å². The Morgan fingerprint density at radius 3 is 2.43 bits per heavy atom. The molecule has 0 amide bonds. The van der Waals surface area contributed by atoms with Gasteiger partial charge in [0.05, 0.1) is 11.4 Å². The molecule has 0 aliphatic rings. The number of anilines is 1. The number of hydrogen-bond acceptors (Lipinski definition) is 3. The average molecular weight is 300 g/mol. The first-order chi connectivity index (χ1) is 10.1. The minimum atomic E-state index is -0.330. The number of aromatic nitrogens is 2. The van der Waals surface area contributed by atoms with Crippen LogP contribution < -0.4 is 5.73 Å². The standard InChI is InChI=1S/C16H11ClFN3/c17-13-7-2-1-6-12(13)15-9-14(20-16(19)21-15)10-4-3-5-11(18)8-10/h1-9H,(H2,19,20,21). The third-order valence-corrected chi connectivity index (χ3v) is 3.34. The molecule has 0 radical (unpaired) electrons. The molecule has 0 saturated heterocycles. The highest BCUT2D eigenvalue weighted by Crippen LogP contribution is 2.29. The van der Waals surface area contributed by atoms with E-state index >= 15 is 0 Å². The van der Waals surface area contributed by atoms with Crippen LogP contribution >= 0.6 is 11.6 Å². The van der Waals surface area contributed by atoms with Gasteiger partial charge in [-0.25, -0.2) is 14.4 Å². The lowest BCUT2D eigenvalue weighted by Gasteiger charge is -2.07. The third-order valence-electron chi connectivity index (χ3n) is 3.01. The van der Waals surface area contributed by atoms with Crippen molar-refractivity contribution in [3.63, 3.8) is 0 Å². The number of halogens is 2. The summed E-state index contributed by atoms with van der Waals surface area (Å²) in [7, 11) is 0. The predicted octanol–water partition coefficient (Wildman–Crippen LogP) is 4.19. The van der Waals surface area contributed by atoms with Crippen LogP contribution in [0.1, 0.15) is 0 Å². The summed E-state index contributed by atoms with van der Waals surface area (Å²) in [6.07, 6.45) is 0. The van der Waals surface area contributed by atoms with Gasteiger partial charge in [-0.1, -0.05) is 41.9 Å². The van der Waals surface area contributed by atoms with E-state index in [9.17, 15) is 4.39 Å². The van der Waals surface area contributed by atoms with Crippen LogP contribution in [0, 0.1) is 5.82 Å². The van der Waals surface area contributed by atoms with E-state index in [4.69, 9.17) is 17.3 Å². The Morgan fingerprint density at radius 1 is 0.905 bits per heavy atom. The second kappa shape index (κ2) is 5.50. The van der Waals surface area contributed by atoms with Crippen molar-refractivity contribution in [3.8, 4) is 22.5 Å². The van der Waals surface area contributed by atoms with Gasteiger partial charge in [0.1, 0.15) is 5.82 Å². The maximum absolute atomic E-state index is 13.3. The monoisotopic (exact) mass is 299 g/mol. The molecule has 104 valence electrons. The molecule has 3 nitrogen and oxygen atoms in total. The zero-order valence-corrected chi connectivity index (χ0v) is 11.7. The van der Waals surface area contributed by atoms with E-state index in [1.807, 2.05) is 18.2 Å². The van der Waals surface area contributed by atoms with Crippen LogP contribution in [0.25, 0.3) is 22.5 Å². The lowest BCUT2D eigenvalue weighted by molar-refractivity contribution is 0.628. The molecule has 5 heteroatoms. The second-order valence-electron chi connectivity index (χ2n) is 4.49. The van der Waals surface area contributed by atoms with E-state index < -0.39 is 0 Å². The minimum Gasteiger partial charge on any atom is -0.368 e. The fourth-order valence-electron chi connectivity index (χ4n) is 2.07. The highest BCUT2D eigenvalue weighted by atomic mass is 35.5. The smallest absolute Gasteiger partial charge is 0.221 e. The average Bonchev–Trinajstić information content (AvgIpc) is 2.47. The quantitative estimate of drug-likeness (QED) is 0.772. The van der Waals surface area contributed by atoms with Gasteiger partial charge in [-0.3, -0.25) is 0 Å². The summed E-state index contributed by atoms with van der Waals surface area (Å²) in [6.45, 7) is 0. The number of nitrogens with zero attached hydrogens (tertiary/aromatic N) is 2. The molecule has 0 aliphatic carbocycles. The Bertz CT molecular complexity index is 805. The Kier molecular flexibility index (Phi) is 3.54. The van der Waals surface area contributed by atoms with E-state index in [2.05, 4.69) is 9.97 Å². The number of hydrogen-bond donors (Lipinski definition) is 1. The van der Waals surface area contributed by atoms with Crippen molar-refractivity contribution in [3.05, 3.63) is 65.4 Å². The molecule has 0 saturated carbocycles. The summed E-state index contributed by atoms with van der Waals surface area (Å²) in [5.74, 6) is -0.212. The van der Waals surface area contributed by atoms with Crippen LogP contribution in [0.4, 0.5) is 10.3 Å². The number of nitrogen functional groups attached to an aromatic ring is 1. The van der Waals surface area contributed by atoms with Gasteiger partial charge in [0.25, 0.3) is 0 Å². The van der Waals surface area contributed by atoms with Gasteiger partial charge in [-0.15, -0.1) is 0 Å². The number of rotatable bonds is 2. The van der Waals surface area contributed by atoms with Gasteiger partial charge in [-0.05, 0) is 24.3 Å². The van der Waals surface area contributed by atoms with Crippen molar-refractivity contribution in [2.75, 3.05) is 5.73 Å². The van der Waals surface area contributed by atoms with Crippen molar-refractivity contribution in [2.45, 2.75) is 0 Å². The van der Waals surface area contributed by atoms with E-state index in [-0.39, 0.29) is 11.8 Å². The van der Waals surface area contributed by atoms with E-state index in [0.717, 1.165) is 5.56 Å².